The van der Waals surface area contributed by atoms with Crippen LogP contribution >= 0.6 is 0 Å². The van der Waals surface area contributed by atoms with Crippen LogP contribution < -0.4 is 5.56 Å². The molecule has 0 spiro atoms. The number of aromatic carboxylic acids is 1. The van der Waals surface area contributed by atoms with E-state index in [-0.39, 0.29) is 11.5 Å². The number of H-pyrrole nitrogens is 1. The number of nitrogens with one attached hydrogen (secondary N) is 1. The van der Waals surface area contributed by atoms with Crippen LogP contribution in [0.4, 0.5) is 0 Å². The highest BCUT2D eigenvalue weighted by Gasteiger charge is 2.12. The summed E-state index contributed by atoms with van der Waals surface area (Å²) in [6, 6.07) is 4.73. The second-order valence-corrected chi connectivity index (χ2v) is 4.46. The van der Waals surface area contributed by atoms with Crippen LogP contribution in [-0.2, 0) is 0 Å². The van der Waals surface area contributed by atoms with Crippen LogP contribution in [0, 0.1) is 20.8 Å². The molecular weight excluding hydrogens is 244 g/mol. The third-order valence-electron chi connectivity index (χ3n) is 3.27. The molecule has 0 amide bonds. The van der Waals surface area contributed by atoms with Crippen molar-refractivity contribution in [2.24, 2.45) is 0 Å². The van der Waals surface area contributed by atoms with Gasteiger partial charge in [0.05, 0.1) is 0 Å². The van der Waals surface area contributed by atoms with Crippen LogP contribution in [-0.4, -0.2) is 21.0 Å². The van der Waals surface area contributed by atoms with Gasteiger partial charge in [-0.1, -0.05) is 12.1 Å². The van der Waals surface area contributed by atoms with E-state index >= 15 is 0 Å². The number of aromatic amines is 1. The molecule has 1 aromatic heterocycles. The summed E-state index contributed by atoms with van der Waals surface area (Å²) in [5, 5.41) is 8.93. The van der Waals surface area contributed by atoms with Gasteiger partial charge in [0.25, 0.3) is 5.56 Å². The second-order valence-electron chi connectivity index (χ2n) is 4.46. The number of hydrogen-bond acceptors (Lipinski definition) is 3. The molecule has 0 saturated heterocycles. The first-order chi connectivity index (χ1) is 8.90. The molecule has 2 N–H and O–H groups in total. The lowest BCUT2D eigenvalue weighted by Gasteiger charge is -2.10. The number of carboxylic acid groups (broad SMARTS) is 1. The zero-order chi connectivity index (χ0) is 14.2. The van der Waals surface area contributed by atoms with Gasteiger partial charge in [-0.25, -0.2) is 9.78 Å². The molecule has 1 aromatic carbocycles. The van der Waals surface area contributed by atoms with E-state index in [9.17, 15) is 9.59 Å². The Morgan fingerprint density at radius 3 is 2.53 bits per heavy atom. The summed E-state index contributed by atoms with van der Waals surface area (Å²) in [6.07, 6.45) is 0. The average molecular weight is 258 g/mol. The Kier molecular flexibility index (Phi) is 3.21. The van der Waals surface area contributed by atoms with Crippen LogP contribution in [0.1, 0.15) is 27.2 Å². The lowest BCUT2D eigenvalue weighted by molar-refractivity contribution is 0.0690. The molecule has 0 radical (unpaired) electrons. The fraction of sp³-hybridized carbons (Fsp3) is 0.214. The van der Waals surface area contributed by atoms with Crippen LogP contribution in [0.2, 0.25) is 0 Å². The molecule has 0 aliphatic heterocycles. The fourth-order valence-electron chi connectivity index (χ4n) is 1.91. The molecule has 0 saturated carbocycles. The van der Waals surface area contributed by atoms with Gasteiger partial charge in [-0.2, -0.15) is 0 Å². The van der Waals surface area contributed by atoms with E-state index in [1.165, 1.54) is 0 Å². The predicted octanol–water partition coefficient (Wildman–Crippen LogP) is 2.06. The van der Waals surface area contributed by atoms with Crippen molar-refractivity contribution in [2.45, 2.75) is 20.8 Å². The number of benzene rings is 1. The lowest BCUT2D eigenvalue weighted by atomic mass is 9.98. The van der Waals surface area contributed by atoms with Crippen molar-refractivity contribution in [3.8, 4) is 11.4 Å². The molecule has 0 fully saturated rings. The number of nitrogens with zero attached hydrogens (tertiary/aromatic N) is 1. The Balaban J connectivity index is 2.69. The van der Waals surface area contributed by atoms with Gasteiger partial charge in [-0.3, -0.25) is 4.79 Å². The minimum absolute atomic E-state index is 0.253. The Bertz CT molecular complexity index is 717. The third kappa shape index (κ3) is 2.40. The van der Waals surface area contributed by atoms with Crippen molar-refractivity contribution in [3.63, 3.8) is 0 Å². The van der Waals surface area contributed by atoms with Crippen LogP contribution in [0.5, 0.6) is 0 Å². The maximum Gasteiger partial charge on any atom is 0.354 e. The topological polar surface area (TPSA) is 83.0 Å². The molecule has 0 atom stereocenters. The smallest absolute Gasteiger partial charge is 0.354 e. The van der Waals surface area contributed by atoms with Gasteiger partial charge < -0.3 is 10.1 Å². The van der Waals surface area contributed by atoms with E-state index in [2.05, 4.69) is 9.97 Å². The van der Waals surface area contributed by atoms with Crippen molar-refractivity contribution >= 4 is 5.97 Å². The number of aryl methyl sites for hydroxylation is 1. The summed E-state index contributed by atoms with van der Waals surface area (Å²) in [5.41, 5.74) is 3.23. The third-order valence-corrected chi connectivity index (χ3v) is 3.27. The molecule has 0 bridgehead atoms. The van der Waals surface area contributed by atoms with Gasteiger partial charge in [0, 0.05) is 11.6 Å². The molecule has 5 heteroatoms. The molecule has 2 rings (SSSR count). The van der Waals surface area contributed by atoms with Crippen molar-refractivity contribution < 1.29 is 9.90 Å². The zero-order valence-corrected chi connectivity index (χ0v) is 10.9. The zero-order valence-electron chi connectivity index (χ0n) is 10.9. The molecule has 0 aliphatic rings. The molecular formula is C14H14N2O3. The maximum absolute atomic E-state index is 11.5. The molecule has 19 heavy (non-hydrogen) atoms. The lowest BCUT2D eigenvalue weighted by Crippen LogP contribution is -2.14. The summed E-state index contributed by atoms with van der Waals surface area (Å²) in [4.78, 5) is 29.0. The Labute approximate surface area is 110 Å². The normalized spacial score (nSPS) is 10.5. The largest absolute Gasteiger partial charge is 0.477 e. The fourth-order valence-corrected chi connectivity index (χ4v) is 1.91. The van der Waals surface area contributed by atoms with E-state index in [1.807, 2.05) is 32.9 Å². The van der Waals surface area contributed by atoms with Crippen molar-refractivity contribution in [3.05, 3.63) is 50.9 Å². The number of carbonyl (C=O) groups is 1. The molecule has 0 aliphatic carbocycles. The quantitative estimate of drug-likeness (QED) is 0.863. The molecule has 1 heterocycles. The summed E-state index contributed by atoms with van der Waals surface area (Å²) >= 11 is 0. The number of hydrogen-bond donors (Lipinski definition) is 2. The maximum atomic E-state index is 11.5. The predicted molar refractivity (Wildman–Crippen MR) is 71.5 cm³/mol. The molecule has 98 valence electrons. The van der Waals surface area contributed by atoms with Gasteiger partial charge in [0.15, 0.2) is 5.69 Å². The molecule has 2 aromatic rings. The summed E-state index contributed by atoms with van der Waals surface area (Å²) < 4.78 is 0. The second kappa shape index (κ2) is 4.68. The minimum atomic E-state index is -1.21. The van der Waals surface area contributed by atoms with E-state index in [1.54, 1.807) is 0 Å². The average Bonchev–Trinajstić information content (AvgIpc) is 2.35. The SMILES string of the molecule is Cc1ccc(-c2nc(C(=O)O)cc(=O)[nH]2)c(C)c1C. The minimum Gasteiger partial charge on any atom is -0.477 e. The Morgan fingerprint density at radius 2 is 1.89 bits per heavy atom. The van der Waals surface area contributed by atoms with Crippen LogP contribution in [0.25, 0.3) is 11.4 Å². The standard InChI is InChI=1S/C14H14N2O3/c1-7-4-5-10(9(3)8(7)2)13-15-11(14(18)19)6-12(17)16-13/h4-6H,1-3H3,(H,18,19)(H,15,16,17). The van der Waals surface area contributed by atoms with E-state index < -0.39 is 11.5 Å². The Hall–Kier alpha value is -2.43. The first-order valence-electron chi connectivity index (χ1n) is 5.82. The van der Waals surface area contributed by atoms with E-state index in [0.29, 0.717) is 0 Å². The number of carboxylic acids is 1. The summed E-state index contributed by atoms with van der Waals surface area (Å²) in [5.74, 6) is -0.931. The van der Waals surface area contributed by atoms with Gasteiger partial charge in [-0.05, 0) is 37.5 Å². The highest BCUT2D eigenvalue weighted by atomic mass is 16.4. The first kappa shape index (κ1) is 13.0. The van der Waals surface area contributed by atoms with Crippen molar-refractivity contribution in [1.82, 2.24) is 9.97 Å². The van der Waals surface area contributed by atoms with E-state index in [4.69, 9.17) is 5.11 Å². The molecule has 0 unspecified atom stereocenters. The highest BCUT2D eigenvalue weighted by molar-refractivity contribution is 5.85. The highest BCUT2D eigenvalue weighted by Crippen LogP contribution is 2.24. The number of aromatic nitrogens is 2. The first-order valence-corrected chi connectivity index (χ1v) is 5.82. The summed E-state index contributed by atoms with van der Waals surface area (Å²) in [7, 11) is 0. The van der Waals surface area contributed by atoms with Gasteiger partial charge in [0.1, 0.15) is 5.82 Å². The van der Waals surface area contributed by atoms with Gasteiger partial charge >= 0.3 is 5.97 Å². The molecule has 5 nitrogen and oxygen atoms in total. The van der Waals surface area contributed by atoms with Crippen LogP contribution in [0.3, 0.4) is 0 Å². The van der Waals surface area contributed by atoms with Gasteiger partial charge in [0.2, 0.25) is 0 Å². The monoisotopic (exact) mass is 258 g/mol. The van der Waals surface area contributed by atoms with E-state index in [0.717, 1.165) is 28.3 Å². The Morgan fingerprint density at radius 1 is 1.21 bits per heavy atom. The summed E-state index contributed by atoms with van der Waals surface area (Å²) in [6.45, 7) is 5.90. The van der Waals surface area contributed by atoms with Crippen molar-refractivity contribution in [1.29, 1.82) is 0 Å². The number of rotatable bonds is 2. The van der Waals surface area contributed by atoms with Crippen LogP contribution in [0.15, 0.2) is 23.0 Å². The van der Waals surface area contributed by atoms with Gasteiger partial charge in [-0.15, -0.1) is 0 Å². The van der Waals surface area contributed by atoms with Crippen molar-refractivity contribution in [2.75, 3.05) is 0 Å².